The van der Waals surface area contributed by atoms with Gasteiger partial charge in [-0.25, -0.2) is 22.3 Å². The molecule has 0 atom stereocenters. The third-order valence-corrected chi connectivity index (χ3v) is 4.73. The summed E-state index contributed by atoms with van der Waals surface area (Å²) in [6.07, 6.45) is 1.54. The third kappa shape index (κ3) is 3.42. The second kappa shape index (κ2) is 6.34. The number of halogens is 2. The van der Waals surface area contributed by atoms with Crippen LogP contribution >= 0.6 is 0 Å². The van der Waals surface area contributed by atoms with Crippen LogP contribution in [0.25, 0.3) is 22.4 Å². The quantitative estimate of drug-likeness (QED) is 0.775. The van der Waals surface area contributed by atoms with Crippen molar-refractivity contribution in [3.63, 3.8) is 0 Å². The number of pyridine rings is 1. The molecule has 0 saturated heterocycles. The van der Waals surface area contributed by atoms with Gasteiger partial charge >= 0.3 is 0 Å². The Balaban J connectivity index is 2.16. The number of nitrogens with two attached hydrogens (primary N) is 1. The van der Waals surface area contributed by atoms with E-state index in [1.165, 1.54) is 12.1 Å². The summed E-state index contributed by atoms with van der Waals surface area (Å²) in [5.74, 6) is -1.27. The highest BCUT2D eigenvalue weighted by Gasteiger charge is 2.17. The average molecular weight is 360 g/mol. The van der Waals surface area contributed by atoms with Gasteiger partial charge in [0, 0.05) is 17.3 Å². The van der Waals surface area contributed by atoms with Crippen LogP contribution < -0.4 is 5.14 Å². The molecule has 3 rings (SSSR count). The van der Waals surface area contributed by atoms with Gasteiger partial charge in [-0.2, -0.15) is 0 Å². The van der Waals surface area contributed by atoms with Crippen LogP contribution in [0.15, 0.2) is 59.6 Å². The Kier molecular flexibility index (Phi) is 4.36. The molecule has 2 aromatic carbocycles. The maximum atomic E-state index is 14.1. The number of benzene rings is 2. The highest BCUT2D eigenvalue weighted by atomic mass is 32.2. The van der Waals surface area contributed by atoms with Crippen LogP contribution in [-0.4, -0.2) is 13.4 Å². The highest BCUT2D eigenvalue weighted by Crippen LogP contribution is 2.32. The van der Waals surface area contributed by atoms with Crippen molar-refractivity contribution in [1.29, 1.82) is 0 Å². The van der Waals surface area contributed by atoms with E-state index in [0.717, 1.165) is 17.7 Å². The minimum Gasteiger partial charge on any atom is -0.256 e. The molecule has 4 nitrogen and oxygen atoms in total. The molecule has 0 aliphatic carbocycles. The third-order valence-electron chi connectivity index (χ3n) is 3.79. The van der Waals surface area contributed by atoms with E-state index < -0.39 is 20.7 Å². The van der Waals surface area contributed by atoms with Crippen molar-refractivity contribution in [3.8, 4) is 22.4 Å². The summed E-state index contributed by atoms with van der Waals surface area (Å²) in [6.45, 7) is 1.65. The molecule has 0 aliphatic rings. The Morgan fingerprint density at radius 1 is 0.960 bits per heavy atom. The topological polar surface area (TPSA) is 73.0 Å². The lowest BCUT2D eigenvalue weighted by Crippen LogP contribution is -2.14. The molecular weight excluding hydrogens is 346 g/mol. The Morgan fingerprint density at radius 3 is 2.32 bits per heavy atom. The summed E-state index contributed by atoms with van der Waals surface area (Å²) in [5, 5.41) is 4.98. The fourth-order valence-electron chi connectivity index (χ4n) is 2.56. The first kappa shape index (κ1) is 17.2. The molecular formula is C18H14F2N2O2S. The van der Waals surface area contributed by atoms with E-state index in [4.69, 9.17) is 5.14 Å². The van der Waals surface area contributed by atoms with Crippen LogP contribution in [0, 0.1) is 18.6 Å². The van der Waals surface area contributed by atoms with Crippen molar-refractivity contribution < 1.29 is 17.2 Å². The monoisotopic (exact) mass is 360 g/mol. The first-order chi connectivity index (χ1) is 11.8. The molecule has 1 aromatic heterocycles. The maximum absolute atomic E-state index is 14.1. The molecule has 25 heavy (non-hydrogen) atoms. The normalized spacial score (nSPS) is 11.5. The predicted molar refractivity (Wildman–Crippen MR) is 91.1 cm³/mol. The highest BCUT2D eigenvalue weighted by molar-refractivity contribution is 7.89. The molecule has 0 saturated carbocycles. The molecule has 0 amide bonds. The minimum atomic E-state index is -4.14. The molecule has 0 unspecified atom stereocenters. The van der Waals surface area contributed by atoms with Gasteiger partial charge in [0.25, 0.3) is 0 Å². The maximum Gasteiger partial charge on any atom is 0.240 e. The summed E-state index contributed by atoms with van der Waals surface area (Å²) >= 11 is 0. The number of aryl methyl sites for hydroxylation is 1. The van der Waals surface area contributed by atoms with Gasteiger partial charge in [-0.05, 0) is 48.4 Å². The largest absolute Gasteiger partial charge is 0.256 e. The summed E-state index contributed by atoms with van der Waals surface area (Å²) in [4.78, 5) is 3.69. The van der Waals surface area contributed by atoms with Crippen LogP contribution in [0.1, 0.15) is 5.56 Å². The van der Waals surface area contributed by atoms with E-state index in [2.05, 4.69) is 4.98 Å². The number of hydrogen-bond donors (Lipinski definition) is 1. The van der Waals surface area contributed by atoms with Crippen molar-refractivity contribution in [2.75, 3.05) is 0 Å². The van der Waals surface area contributed by atoms with Crippen LogP contribution in [0.4, 0.5) is 8.78 Å². The fourth-order valence-corrected chi connectivity index (χ4v) is 3.15. The zero-order chi connectivity index (χ0) is 18.2. The van der Waals surface area contributed by atoms with Gasteiger partial charge in [-0.3, -0.25) is 4.98 Å². The zero-order valence-electron chi connectivity index (χ0n) is 13.2. The van der Waals surface area contributed by atoms with Crippen molar-refractivity contribution in [2.45, 2.75) is 11.8 Å². The van der Waals surface area contributed by atoms with Crippen molar-refractivity contribution >= 4 is 10.0 Å². The van der Waals surface area contributed by atoms with E-state index in [-0.39, 0.29) is 5.82 Å². The number of hydrogen-bond acceptors (Lipinski definition) is 3. The molecule has 128 valence electrons. The zero-order valence-corrected chi connectivity index (χ0v) is 14.0. The Bertz CT molecular complexity index is 1070. The smallest absolute Gasteiger partial charge is 0.240 e. The number of sulfonamides is 1. The van der Waals surface area contributed by atoms with Gasteiger partial charge in [0.1, 0.15) is 16.5 Å². The first-order valence-corrected chi connectivity index (χ1v) is 8.86. The molecule has 1 heterocycles. The lowest BCUT2D eigenvalue weighted by atomic mass is 9.98. The van der Waals surface area contributed by atoms with Gasteiger partial charge < -0.3 is 0 Å². The number of aromatic nitrogens is 1. The number of rotatable bonds is 3. The second-order valence-corrected chi connectivity index (χ2v) is 7.08. The molecule has 3 aromatic rings. The van der Waals surface area contributed by atoms with Crippen LogP contribution in [0.3, 0.4) is 0 Å². The summed E-state index contributed by atoms with van der Waals surface area (Å²) < 4.78 is 50.4. The van der Waals surface area contributed by atoms with Crippen LogP contribution in [-0.2, 0) is 10.0 Å². The standard InChI is InChI=1S/C18H14F2N2O2S/c1-11-9-12(4-6-15(11)19)14-3-2-8-22-18(14)13-5-7-17(16(20)10-13)25(21,23)24/h2-10H,1H3,(H2,21,23,24). The van der Waals surface area contributed by atoms with Gasteiger partial charge in [0.05, 0.1) is 5.69 Å². The lowest BCUT2D eigenvalue weighted by Gasteiger charge is -2.11. The van der Waals surface area contributed by atoms with E-state index in [1.807, 2.05) is 0 Å². The predicted octanol–water partition coefficient (Wildman–Crippen LogP) is 3.65. The van der Waals surface area contributed by atoms with Gasteiger partial charge in [-0.1, -0.05) is 18.2 Å². The van der Waals surface area contributed by atoms with Gasteiger partial charge in [0.2, 0.25) is 10.0 Å². The molecule has 0 fully saturated rings. The summed E-state index contributed by atoms with van der Waals surface area (Å²) in [5.41, 5.74) is 2.71. The Morgan fingerprint density at radius 2 is 1.68 bits per heavy atom. The molecule has 7 heteroatoms. The lowest BCUT2D eigenvalue weighted by molar-refractivity contribution is 0.568. The minimum absolute atomic E-state index is 0.322. The Hall–Kier alpha value is -2.64. The fraction of sp³-hybridized carbons (Fsp3) is 0.0556. The van der Waals surface area contributed by atoms with E-state index in [0.29, 0.717) is 22.4 Å². The molecule has 0 radical (unpaired) electrons. The van der Waals surface area contributed by atoms with Crippen LogP contribution in [0.2, 0.25) is 0 Å². The SMILES string of the molecule is Cc1cc(-c2cccnc2-c2ccc(S(N)(=O)=O)c(F)c2)ccc1F. The van der Waals surface area contributed by atoms with Crippen LogP contribution in [0.5, 0.6) is 0 Å². The van der Waals surface area contributed by atoms with Gasteiger partial charge in [0.15, 0.2) is 0 Å². The number of nitrogens with zero attached hydrogens (tertiary/aromatic N) is 1. The molecule has 0 aliphatic heterocycles. The Labute approximate surface area is 144 Å². The second-order valence-electron chi connectivity index (χ2n) is 5.55. The first-order valence-electron chi connectivity index (χ1n) is 7.31. The van der Waals surface area contributed by atoms with Crippen molar-refractivity contribution in [2.24, 2.45) is 5.14 Å². The van der Waals surface area contributed by atoms with E-state index in [1.54, 1.807) is 37.4 Å². The summed E-state index contributed by atoms with van der Waals surface area (Å²) in [6, 6.07) is 11.7. The average Bonchev–Trinajstić information content (AvgIpc) is 2.56. The molecule has 0 spiro atoms. The van der Waals surface area contributed by atoms with Crippen molar-refractivity contribution in [3.05, 3.63) is 71.9 Å². The molecule has 0 bridgehead atoms. The molecule has 2 N–H and O–H groups in total. The van der Waals surface area contributed by atoms with Gasteiger partial charge in [-0.15, -0.1) is 0 Å². The van der Waals surface area contributed by atoms with Crippen molar-refractivity contribution in [1.82, 2.24) is 4.98 Å². The summed E-state index contributed by atoms with van der Waals surface area (Å²) in [7, 11) is -4.14. The van der Waals surface area contributed by atoms with E-state index in [9.17, 15) is 17.2 Å². The number of primary sulfonamides is 1. The van der Waals surface area contributed by atoms with E-state index >= 15 is 0 Å².